The van der Waals surface area contributed by atoms with Gasteiger partial charge in [-0.2, -0.15) is 0 Å². The zero-order valence-electron chi connectivity index (χ0n) is 10.3. The van der Waals surface area contributed by atoms with Crippen LogP contribution in [0.1, 0.15) is 42.6 Å². The summed E-state index contributed by atoms with van der Waals surface area (Å²) in [5, 5.41) is 0. The molecule has 0 saturated carbocycles. The van der Waals surface area contributed by atoms with Crippen LogP contribution in [0.4, 0.5) is 5.69 Å². The lowest BCUT2D eigenvalue weighted by Crippen LogP contribution is -2.35. The maximum absolute atomic E-state index is 11.9. The van der Waals surface area contributed by atoms with Crippen molar-refractivity contribution in [3.8, 4) is 0 Å². The minimum absolute atomic E-state index is 0.0438. The number of rotatable bonds is 2. The summed E-state index contributed by atoms with van der Waals surface area (Å²) in [6.07, 6.45) is 2.49. The van der Waals surface area contributed by atoms with Crippen molar-refractivity contribution in [2.24, 2.45) is 0 Å². The second-order valence-corrected chi connectivity index (χ2v) is 4.40. The first kappa shape index (κ1) is 11.8. The molecule has 1 aliphatic rings. The Kier molecular flexibility index (Phi) is 3.27. The molecule has 0 radical (unpaired) electrons. The number of hydrogen-bond acceptors (Lipinski definition) is 2. The van der Waals surface area contributed by atoms with Crippen LogP contribution in [0.3, 0.4) is 0 Å². The third-order valence-corrected chi connectivity index (χ3v) is 3.21. The number of nitrogens with zero attached hydrogens (tertiary/aromatic N) is 1. The smallest absolute Gasteiger partial charge is 0.226 e. The van der Waals surface area contributed by atoms with Crippen molar-refractivity contribution in [2.45, 2.75) is 33.1 Å². The van der Waals surface area contributed by atoms with Gasteiger partial charge in [-0.15, -0.1) is 0 Å². The number of ketones is 1. The van der Waals surface area contributed by atoms with E-state index in [9.17, 15) is 9.59 Å². The van der Waals surface area contributed by atoms with E-state index in [1.165, 1.54) is 5.56 Å². The molecule has 0 aliphatic carbocycles. The number of Topliss-reactive ketones (excluding diaryl/α,β-unsaturated/α-hetero) is 1. The van der Waals surface area contributed by atoms with Crippen molar-refractivity contribution < 1.29 is 9.59 Å². The van der Waals surface area contributed by atoms with Crippen molar-refractivity contribution in [1.29, 1.82) is 0 Å². The molecule has 0 aromatic heterocycles. The van der Waals surface area contributed by atoms with E-state index >= 15 is 0 Å². The molecule has 2 rings (SSSR count). The average Bonchev–Trinajstić information content (AvgIpc) is 2.36. The molecule has 90 valence electrons. The van der Waals surface area contributed by atoms with Crippen molar-refractivity contribution in [3.05, 3.63) is 29.3 Å². The van der Waals surface area contributed by atoms with E-state index in [4.69, 9.17) is 0 Å². The fraction of sp³-hybridized carbons (Fsp3) is 0.429. The number of anilines is 1. The molecule has 1 heterocycles. The van der Waals surface area contributed by atoms with E-state index in [2.05, 4.69) is 0 Å². The number of benzene rings is 1. The van der Waals surface area contributed by atoms with Crippen LogP contribution >= 0.6 is 0 Å². The fourth-order valence-corrected chi connectivity index (χ4v) is 2.24. The topological polar surface area (TPSA) is 37.4 Å². The van der Waals surface area contributed by atoms with Crippen molar-refractivity contribution >= 4 is 17.4 Å². The van der Waals surface area contributed by atoms with Gasteiger partial charge in [-0.05, 0) is 31.4 Å². The minimum Gasteiger partial charge on any atom is -0.312 e. The number of hydrogen-bond donors (Lipinski definition) is 0. The maximum atomic E-state index is 11.9. The lowest BCUT2D eigenvalue weighted by Gasteiger charge is -2.29. The molecule has 1 amide bonds. The van der Waals surface area contributed by atoms with Gasteiger partial charge in [-0.3, -0.25) is 9.59 Å². The average molecular weight is 231 g/mol. The predicted molar refractivity (Wildman–Crippen MR) is 67.4 cm³/mol. The standard InChI is InChI=1S/C14H17NO2/c1-3-14(17)15-8-4-5-11-6-7-12(10(2)16)9-13(11)15/h6-7,9H,3-5,8H2,1-2H3. The number of carbonyl (C=O) groups is 2. The highest BCUT2D eigenvalue weighted by Gasteiger charge is 2.21. The Morgan fingerprint density at radius 2 is 2.12 bits per heavy atom. The summed E-state index contributed by atoms with van der Waals surface area (Å²) in [4.78, 5) is 25.0. The Morgan fingerprint density at radius 3 is 2.76 bits per heavy atom. The molecule has 0 fully saturated rings. The Hall–Kier alpha value is -1.64. The molecule has 1 aromatic carbocycles. The number of fused-ring (bicyclic) bond motifs is 1. The summed E-state index contributed by atoms with van der Waals surface area (Å²) in [5.74, 6) is 0.175. The van der Waals surface area contributed by atoms with Gasteiger partial charge in [0.2, 0.25) is 5.91 Å². The molecule has 0 spiro atoms. The van der Waals surface area contributed by atoms with E-state index in [1.54, 1.807) is 6.92 Å². The predicted octanol–water partition coefficient (Wildman–Crippen LogP) is 2.58. The quantitative estimate of drug-likeness (QED) is 0.734. The number of carbonyl (C=O) groups excluding carboxylic acids is 2. The van der Waals surface area contributed by atoms with Crippen LogP contribution in [0.15, 0.2) is 18.2 Å². The molecule has 17 heavy (non-hydrogen) atoms. The summed E-state index contributed by atoms with van der Waals surface area (Å²) in [6.45, 7) is 4.18. The van der Waals surface area contributed by atoms with E-state index < -0.39 is 0 Å². The number of aryl methyl sites for hydroxylation is 1. The van der Waals surface area contributed by atoms with Gasteiger partial charge in [0.25, 0.3) is 0 Å². The SMILES string of the molecule is CCC(=O)N1CCCc2ccc(C(C)=O)cc21. The Bertz CT molecular complexity index is 465. The first-order valence-corrected chi connectivity index (χ1v) is 6.07. The Labute approximate surface area is 101 Å². The minimum atomic E-state index is 0.0438. The summed E-state index contributed by atoms with van der Waals surface area (Å²) in [7, 11) is 0. The van der Waals surface area contributed by atoms with Gasteiger partial charge in [0.1, 0.15) is 0 Å². The largest absolute Gasteiger partial charge is 0.312 e. The molecular formula is C14H17NO2. The van der Waals surface area contributed by atoms with Gasteiger partial charge < -0.3 is 4.90 Å². The lowest BCUT2D eigenvalue weighted by molar-refractivity contribution is -0.118. The lowest BCUT2D eigenvalue weighted by atomic mass is 9.98. The highest BCUT2D eigenvalue weighted by atomic mass is 16.2. The summed E-state index contributed by atoms with van der Waals surface area (Å²) < 4.78 is 0. The zero-order valence-corrected chi connectivity index (χ0v) is 10.3. The maximum Gasteiger partial charge on any atom is 0.226 e. The van der Waals surface area contributed by atoms with Crippen molar-refractivity contribution in [2.75, 3.05) is 11.4 Å². The second-order valence-electron chi connectivity index (χ2n) is 4.40. The van der Waals surface area contributed by atoms with Crippen molar-refractivity contribution in [3.63, 3.8) is 0 Å². The van der Waals surface area contributed by atoms with Crippen LogP contribution in [0.5, 0.6) is 0 Å². The van der Waals surface area contributed by atoms with Crippen LogP contribution in [-0.2, 0) is 11.2 Å². The summed E-state index contributed by atoms with van der Waals surface area (Å²) >= 11 is 0. The molecule has 0 atom stereocenters. The second kappa shape index (κ2) is 4.70. The summed E-state index contributed by atoms with van der Waals surface area (Å²) in [6, 6.07) is 5.67. The highest BCUT2D eigenvalue weighted by Crippen LogP contribution is 2.28. The Morgan fingerprint density at radius 1 is 1.35 bits per heavy atom. The van der Waals surface area contributed by atoms with Crippen LogP contribution in [0, 0.1) is 0 Å². The molecule has 1 aliphatic heterocycles. The first-order chi connectivity index (χ1) is 8.13. The van der Waals surface area contributed by atoms with Gasteiger partial charge in [0.05, 0.1) is 0 Å². The molecular weight excluding hydrogens is 214 g/mol. The zero-order chi connectivity index (χ0) is 12.4. The third-order valence-electron chi connectivity index (χ3n) is 3.21. The molecule has 0 saturated heterocycles. The Balaban J connectivity index is 2.44. The molecule has 1 aromatic rings. The number of amides is 1. The fourth-order valence-electron chi connectivity index (χ4n) is 2.24. The van der Waals surface area contributed by atoms with Gasteiger partial charge in [0, 0.05) is 24.2 Å². The van der Waals surface area contributed by atoms with E-state index in [-0.39, 0.29) is 11.7 Å². The van der Waals surface area contributed by atoms with Crippen LogP contribution < -0.4 is 4.90 Å². The molecule has 0 N–H and O–H groups in total. The van der Waals surface area contributed by atoms with Crippen LogP contribution in [0.25, 0.3) is 0 Å². The van der Waals surface area contributed by atoms with Crippen molar-refractivity contribution in [1.82, 2.24) is 0 Å². The van der Waals surface area contributed by atoms with E-state index in [0.29, 0.717) is 12.0 Å². The van der Waals surface area contributed by atoms with Gasteiger partial charge in [-0.25, -0.2) is 0 Å². The van der Waals surface area contributed by atoms with E-state index in [0.717, 1.165) is 25.1 Å². The summed E-state index contributed by atoms with van der Waals surface area (Å²) in [5.41, 5.74) is 2.78. The van der Waals surface area contributed by atoms with Crippen LogP contribution in [0.2, 0.25) is 0 Å². The first-order valence-electron chi connectivity index (χ1n) is 6.07. The molecule has 0 unspecified atom stereocenters. The monoisotopic (exact) mass is 231 g/mol. The van der Waals surface area contributed by atoms with Gasteiger partial charge >= 0.3 is 0 Å². The third kappa shape index (κ3) is 2.23. The molecule has 3 nitrogen and oxygen atoms in total. The van der Waals surface area contributed by atoms with Crippen LogP contribution in [-0.4, -0.2) is 18.2 Å². The molecule has 3 heteroatoms. The normalized spacial score (nSPS) is 14.4. The van der Waals surface area contributed by atoms with Gasteiger partial charge in [0.15, 0.2) is 5.78 Å². The molecule has 0 bridgehead atoms. The van der Waals surface area contributed by atoms with Gasteiger partial charge in [-0.1, -0.05) is 19.1 Å². The van der Waals surface area contributed by atoms with E-state index in [1.807, 2.05) is 30.0 Å². The highest BCUT2D eigenvalue weighted by molar-refractivity contribution is 5.99.